The second-order valence-electron chi connectivity index (χ2n) is 23.3. The highest BCUT2D eigenvalue weighted by molar-refractivity contribution is 6.70. The van der Waals surface area contributed by atoms with Crippen molar-refractivity contribution in [2.24, 2.45) is 11.5 Å². The van der Waals surface area contributed by atoms with Crippen molar-refractivity contribution >= 4 is 259 Å². The van der Waals surface area contributed by atoms with Gasteiger partial charge in [0.05, 0.1) is 0 Å². The highest BCUT2D eigenvalue weighted by Gasteiger charge is 2.38. The summed E-state index contributed by atoms with van der Waals surface area (Å²) in [7, 11) is 0. The maximum atomic E-state index is 4.90. The standard InChI is InChI=1S/C70H22.C2H8N2/c1-3-23-11-31-19-35-15-27-7-9-29-17-37-21-33-13-25-5-2-6-26-14-34-22-38-18-30-10-8-28-16-36-20-32-12-24(4-1)39(23)53-45(31)59-49(35)55-41(27)43(29)57-51(37)61-47(33)54(40(25)26)48(34)62-52(38)58-44(30)42(28)56-50(36)60(46(32)53)63(59)69-65(55)67(57)70(64(61)62)68(58)66(56)69;3-1-2-4/h1-22H;1-4H2. The largest absolute Gasteiger partial charge is 0.329 e. The zero-order chi connectivity index (χ0) is 46.7. The molecule has 25 rings (SSSR count). The molecule has 0 spiro atoms. The van der Waals surface area contributed by atoms with Crippen molar-refractivity contribution in [3.63, 3.8) is 0 Å². The first kappa shape index (κ1) is 34.2. The third-order valence-electron chi connectivity index (χ3n) is 20.5. The summed E-state index contributed by atoms with van der Waals surface area (Å²) in [4.78, 5) is 0. The first-order valence-electron chi connectivity index (χ1n) is 26.6. The summed E-state index contributed by atoms with van der Waals surface area (Å²) in [6.45, 7) is 1.19. The van der Waals surface area contributed by atoms with Crippen LogP contribution in [0.25, 0.3) is 259 Å². The fourth-order valence-electron chi connectivity index (χ4n) is 18.6. The van der Waals surface area contributed by atoms with E-state index in [4.69, 9.17) is 11.5 Å². The average Bonchev–Trinajstić information content (AvgIpc) is 3.62. The molecular weight excluding hydrogens is 893 g/mol. The molecule has 328 valence electrons. The molecule has 0 heterocycles. The van der Waals surface area contributed by atoms with Crippen molar-refractivity contribution in [3.8, 4) is 0 Å². The van der Waals surface area contributed by atoms with Crippen LogP contribution in [0.4, 0.5) is 0 Å². The van der Waals surface area contributed by atoms with Crippen molar-refractivity contribution < 1.29 is 0 Å². The van der Waals surface area contributed by atoms with E-state index in [0.717, 1.165) is 0 Å². The summed E-state index contributed by atoms with van der Waals surface area (Å²) in [5.74, 6) is 0. The van der Waals surface area contributed by atoms with Crippen LogP contribution in [0.2, 0.25) is 0 Å². The smallest absolute Gasteiger partial charge is 0.00461 e. The zero-order valence-electron chi connectivity index (χ0n) is 39.3. The van der Waals surface area contributed by atoms with Gasteiger partial charge in [-0.15, -0.1) is 0 Å². The van der Waals surface area contributed by atoms with Gasteiger partial charge < -0.3 is 11.5 Å². The Bertz CT molecular complexity index is 5970. The van der Waals surface area contributed by atoms with Gasteiger partial charge in [0.25, 0.3) is 0 Å². The van der Waals surface area contributed by atoms with Gasteiger partial charge in [-0.05, 0) is 331 Å². The van der Waals surface area contributed by atoms with Crippen LogP contribution >= 0.6 is 0 Å². The Morgan fingerprint density at radius 2 is 0.284 bits per heavy atom. The van der Waals surface area contributed by atoms with Crippen LogP contribution < -0.4 is 11.5 Å². The van der Waals surface area contributed by atoms with Crippen LogP contribution in [-0.2, 0) is 0 Å². The maximum Gasteiger partial charge on any atom is 0.00461 e. The molecule has 0 fully saturated rings. The molecule has 0 aromatic heterocycles. The molecule has 0 aliphatic heterocycles. The number of nitrogens with two attached hydrogens (primary N) is 2. The van der Waals surface area contributed by atoms with E-state index in [0.29, 0.717) is 13.1 Å². The predicted octanol–water partition coefficient (Wildman–Crippen LogP) is 19.3. The minimum absolute atomic E-state index is 0.597. The molecule has 74 heavy (non-hydrogen) atoms. The molecule has 0 aliphatic carbocycles. The minimum Gasteiger partial charge on any atom is -0.329 e. The SMILES string of the molecule is NCCN.c1cc2cc3cc4cc5ccc6cc7cc8cc9cccc%10cc%11cc%12cc%13ccc%14cc%15cc%16cc(c1)c2c1c3c2c4c3c5c6c4c7c5c8c(c9%10)c%11c6c%12c7c%13c%14c8c%15c(c%161)c2c1c3c4c(c56)c7c81. The summed E-state index contributed by atoms with van der Waals surface area (Å²) in [6, 6.07) is 54.7. The number of rotatable bonds is 1. The van der Waals surface area contributed by atoms with Gasteiger partial charge in [-0.3, -0.25) is 0 Å². The molecule has 0 saturated heterocycles. The number of hydrogen-bond donors (Lipinski definition) is 2. The van der Waals surface area contributed by atoms with Crippen LogP contribution in [0.15, 0.2) is 133 Å². The summed E-state index contributed by atoms with van der Waals surface area (Å²) in [6.07, 6.45) is 0. The lowest BCUT2D eigenvalue weighted by Gasteiger charge is -2.34. The summed E-state index contributed by atoms with van der Waals surface area (Å²) < 4.78 is 0. The van der Waals surface area contributed by atoms with Crippen LogP contribution in [0.1, 0.15) is 0 Å². The second-order valence-corrected chi connectivity index (χ2v) is 23.3. The molecule has 0 radical (unpaired) electrons. The normalized spacial score (nSPS) is 14.5. The fraction of sp³-hybridized carbons (Fsp3) is 0.0278. The highest BCUT2D eigenvalue weighted by atomic mass is 14.6. The molecule has 0 amide bonds. The van der Waals surface area contributed by atoms with E-state index < -0.39 is 0 Å². The van der Waals surface area contributed by atoms with E-state index in [9.17, 15) is 0 Å². The maximum absolute atomic E-state index is 4.90. The lowest BCUT2D eigenvalue weighted by atomic mass is 9.68. The first-order valence-corrected chi connectivity index (χ1v) is 26.6. The average molecular weight is 923 g/mol. The van der Waals surface area contributed by atoms with Crippen LogP contribution in [0.5, 0.6) is 0 Å². The lowest BCUT2D eigenvalue weighted by Crippen LogP contribution is -2.11. The van der Waals surface area contributed by atoms with Gasteiger partial charge in [0, 0.05) is 13.1 Å². The Hall–Kier alpha value is -9.18. The highest BCUT2D eigenvalue weighted by Crippen LogP contribution is 2.68. The van der Waals surface area contributed by atoms with Gasteiger partial charge in [0.1, 0.15) is 0 Å². The van der Waals surface area contributed by atoms with Gasteiger partial charge in [-0.25, -0.2) is 0 Å². The topological polar surface area (TPSA) is 52.0 Å². The van der Waals surface area contributed by atoms with Crippen molar-refractivity contribution in [2.45, 2.75) is 0 Å². The molecule has 2 heteroatoms. The third kappa shape index (κ3) is 2.94. The van der Waals surface area contributed by atoms with E-state index in [1.165, 1.54) is 259 Å². The van der Waals surface area contributed by atoms with E-state index in [1.54, 1.807) is 0 Å². The Balaban J connectivity index is 0.000000913. The Labute approximate surface area is 414 Å². The molecule has 0 unspecified atom stereocenters. The Morgan fingerprint density at radius 3 is 0.473 bits per heavy atom. The van der Waals surface area contributed by atoms with Crippen LogP contribution in [0, 0.1) is 0 Å². The fourth-order valence-corrected chi connectivity index (χ4v) is 18.6. The zero-order valence-corrected chi connectivity index (χ0v) is 39.3. The lowest BCUT2D eigenvalue weighted by molar-refractivity contribution is 0.976. The van der Waals surface area contributed by atoms with Gasteiger partial charge in [0.2, 0.25) is 0 Å². The predicted molar refractivity (Wildman–Crippen MR) is 324 cm³/mol. The van der Waals surface area contributed by atoms with Crippen molar-refractivity contribution in [3.05, 3.63) is 133 Å². The molecule has 0 aliphatic rings. The second kappa shape index (κ2) is 9.98. The van der Waals surface area contributed by atoms with Crippen molar-refractivity contribution in [1.29, 1.82) is 0 Å². The molecule has 0 bridgehead atoms. The van der Waals surface area contributed by atoms with Crippen LogP contribution in [0.3, 0.4) is 0 Å². The minimum atomic E-state index is 0.597. The van der Waals surface area contributed by atoms with E-state index in [2.05, 4.69) is 133 Å². The van der Waals surface area contributed by atoms with Gasteiger partial charge in [0.15, 0.2) is 0 Å². The van der Waals surface area contributed by atoms with E-state index in [1.807, 2.05) is 0 Å². The molecule has 25 aromatic carbocycles. The molecular formula is C72H30N2. The molecule has 4 N–H and O–H groups in total. The van der Waals surface area contributed by atoms with E-state index in [-0.39, 0.29) is 0 Å². The molecule has 25 aromatic rings. The Kier molecular flexibility index (Phi) is 4.62. The number of benzene rings is 25. The quantitative estimate of drug-likeness (QED) is 0.127. The van der Waals surface area contributed by atoms with Gasteiger partial charge >= 0.3 is 0 Å². The Morgan fingerprint density at radius 1 is 0.149 bits per heavy atom. The van der Waals surface area contributed by atoms with Crippen LogP contribution in [-0.4, -0.2) is 13.1 Å². The van der Waals surface area contributed by atoms with Gasteiger partial charge in [-0.2, -0.15) is 0 Å². The summed E-state index contributed by atoms with van der Waals surface area (Å²) in [5.41, 5.74) is 9.81. The molecule has 0 atom stereocenters. The first-order chi connectivity index (χ1) is 36.6. The third-order valence-corrected chi connectivity index (χ3v) is 20.5. The molecule has 0 saturated carbocycles. The monoisotopic (exact) mass is 922 g/mol. The van der Waals surface area contributed by atoms with Crippen molar-refractivity contribution in [2.75, 3.05) is 13.1 Å². The summed E-state index contributed by atoms with van der Waals surface area (Å²) in [5, 5.41) is 69.3. The van der Waals surface area contributed by atoms with E-state index >= 15 is 0 Å². The molecule has 2 nitrogen and oxygen atoms in total. The number of hydrogen-bond acceptors (Lipinski definition) is 2. The van der Waals surface area contributed by atoms with Gasteiger partial charge in [-0.1, -0.05) is 60.7 Å². The van der Waals surface area contributed by atoms with Crippen molar-refractivity contribution in [1.82, 2.24) is 0 Å². The summed E-state index contributed by atoms with van der Waals surface area (Å²) >= 11 is 0.